The van der Waals surface area contributed by atoms with Crippen LogP contribution in [-0.4, -0.2) is 61.6 Å². The Kier molecular flexibility index (Phi) is 8.24. The summed E-state index contributed by atoms with van der Waals surface area (Å²) in [6.45, 7) is 7.52. The highest BCUT2D eigenvalue weighted by Gasteiger charge is 2.31. The fourth-order valence-corrected chi connectivity index (χ4v) is 3.52. The van der Waals surface area contributed by atoms with E-state index in [1.165, 1.54) is 6.92 Å². The fourth-order valence-electron chi connectivity index (χ4n) is 3.52. The highest BCUT2D eigenvalue weighted by atomic mass is 16.6. The van der Waals surface area contributed by atoms with Crippen LogP contribution in [0.15, 0.2) is 42.5 Å². The maximum absolute atomic E-state index is 13.0. The van der Waals surface area contributed by atoms with Crippen molar-refractivity contribution in [2.75, 3.05) is 31.7 Å². The van der Waals surface area contributed by atoms with Gasteiger partial charge in [-0.25, -0.2) is 9.59 Å². The van der Waals surface area contributed by atoms with Crippen LogP contribution in [0.2, 0.25) is 0 Å². The van der Waals surface area contributed by atoms with E-state index in [1.807, 2.05) is 0 Å². The molecule has 0 bridgehead atoms. The van der Waals surface area contributed by atoms with Gasteiger partial charge in [0.25, 0.3) is 0 Å². The van der Waals surface area contributed by atoms with Gasteiger partial charge in [0, 0.05) is 28.9 Å². The average Bonchev–Trinajstić information content (AvgIpc) is 2.80. The zero-order chi connectivity index (χ0) is 25.6. The molecule has 186 valence electrons. The largest absolute Gasteiger partial charge is 0.462 e. The standard InChI is InChI=1S/C26H30N2O7/c1-16(28-25(32)35-26(2,3)4)24(31)34-15-14-33-13-12-27-20-11-7-10-19-21(20)23(30)18-9-6-5-8-17(18)22(19)29/h5-11,16,27H,12-15H2,1-4H3,(H,28,32)/t16-/m0/s1. The molecular formula is C26H30N2O7. The molecule has 1 amide bonds. The monoisotopic (exact) mass is 482 g/mol. The van der Waals surface area contributed by atoms with Crippen molar-refractivity contribution in [3.63, 3.8) is 0 Å². The number of carbonyl (C=O) groups is 4. The lowest BCUT2D eigenvalue weighted by Crippen LogP contribution is -2.42. The number of hydrogen-bond acceptors (Lipinski definition) is 8. The molecule has 2 aromatic rings. The number of anilines is 1. The van der Waals surface area contributed by atoms with Crippen LogP contribution in [0, 0.1) is 0 Å². The first kappa shape index (κ1) is 25.9. The van der Waals surface area contributed by atoms with Gasteiger partial charge < -0.3 is 24.8 Å². The van der Waals surface area contributed by atoms with Gasteiger partial charge in [-0.2, -0.15) is 0 Å². The Hall–Kier alpha value is -3.72. The molecule has 0 saturated carbocycles. The van der Waals surface area contributed by atoms with E-state index in [1.54, 1.807) is 63.2 Å². The Labute approximate surface area is 204 Å². The number of fused-ring (bicyclic) bond motifs is 2. The summed E-state index contributed by atoms with van der Waals surface area (Å²) in [7, 11) is 0. The van der Waals surface area contributed by atoms with Crippen molar-refractivity contribution in [2.24, 2.45) is 0 Å². The molecule has 1 aliphatic carbocycles. The van der Waals surface area contributed by atoms with Gasteiger partial charge in [-0.05, 0) is 33.8 Å². The molecule has 3 rings (SSSR count). The number of ketones is 2. The molecule has 0 aromatic heterocycles. The van der Waals surface area contributed by atoms with Crippen molar-refractivity contribution in [1.29, 1.82) is 0 Å². The molecule has 0 spiro atoms. The lowest BCUT2D eigenvalue weighted by molar-refractivity contribution is -0.147. The molecule has 0 aliphatic heterocycles. The van der Waals surface area contributed by atoms with Gasteiger partial charge in [0.2, 0.25) is 0 Å². The summed E-state index contributed by atoms with van der Waals surface area (Å²) in [4.78, 5) is 49.5. The number of ether oxygens (including phenoxy) is 3. The third-order valence-corrected chi connectivity index (χ3v) is 5.07. The highest BCUT2D eigenvalue weighted by molar-refractivity contribution is 6.30. The first-order valence-corrected chi connectivity index (χ1v) is 11.4. The molecular weight excluding hydrogens is 452 g/mol. The van der Waals surface area contributed by atoms with Crippen LogP contribution in [-0.2, 0) is 19.0 Å². The van der Waals surface area contributed by atoms with Crippen LogP contribution < -0.4 is 10.6 Å². The summed E-state index contributed by atoms with van der Waals surface area (Å²) in [5.41, 5.74) is 1.44. The zero-order valence-corrected chi connectivity index (χ0v) is 20.3. The Morgan fingerprint density at radius 1 is 0.886 bits per heavy atom. The SMILES string of the molecule is C[C@H](NC(=O)OC(C)(C)C)C(=O)OCCOCCNc1cccc2c1C(=O)c1ccccc1C2=O. The van der Waals surface area contributed by atoms with Crippen LogP contribution >= 0.6 is 0 Å². The van der Waals surface area contributed by atoms with Crippen molar-refractivity contribution in [2.45, 2.75) is 39.3 Å². The lowest BCUT2D eigenvalue weighted by Gasteiger charge is -2.21. The Morgan fingerprint density at radius 3 is 2.23 bits per heavy atom. The molecule has 0 fully saturated rings. The van der Waals surface area contributed by atoms with Crippen LogP contribution in [0.5, 0.6) is 0 Å². The number of amides is 1. The number of carbonyl (C=O) groups excluding carboxylic acids is 4. The Balaban J connectivity index is 1.41. The van der Waals surface area contributed by atoms with Gasteiger partial charge >= 0.3 is 12.1 Å². The van der Waals surface area contributed by atoms with Crippen molar-refractivity contribution in [3.8, 4) is 0 Å². The smallest absolute Gasteiger partial charge is 0.408 e. The molecule has 9 heteroatoms. The molecule has 2 aromatic carbocycles. The summed E-state index contributed by atoms with van der Waals surface area (Å²) in [6, 6.07) is 11.1. The molecule has 0 saturated heterocycles. The second-order valence-electron chi connectivity index (χ2n) is 9.01. The first-order valence-electron chi connectivity index (χ1n) is 11.4. The summed E-state index contributed by atoms with van der Waals surface area (Å²) >= 11 is 0. The van der Waals surface area contributed by atoms with E-state index >= 15 is 0 Å². The van der Waals surface area contributed by atoms with Gasteiger partial charge in [-0.1, -0.05) is 36.4 Å². The maximum Gasteiger partial charge on any atom is 0.408 e. The second kappa shape index (κ2) is 11.1. The summed E-state index contributed by atoms with van der Waals surface area (Å²) in [5.74, 6) is -0.968. The number of rotatable bonds is 9. The number of alkyl carbamates (subject to hydrolysis) is 1. The summed E-state index contributed by atoms with van der Waals surface area (Å²) < 4.78 is 15.7. The van der Waals surface area contributed by atoms with Crippen molar-refractivity contribution in [1.82, 2.24) is 5.32 Å². The third kappa shape index (κ3) is 6.66. The number of benzene rings is 2. The highest BCUT2D eigenvalue weighted by Crippen LogP contribution is 2.31. The van der Waals surface area contributed by atoms with Gasteiger partial charge in [0.15, 0.2) is 11.6 Å². The van der Waals surface area contributed by atoms with E-state index in [0.29, 0.717) is 34.5 Å². The minimum absolute atomic E-state index is 0.0175. The molecule has 9 nitrogen and oxygen atoms in total. The van der Waals surface area contributed by atoms with E-state index in [-0.39, 0.29) is 31.4 Å². The minimum Gasteiger partial charge on any atom is -0.462 e. The quantitative estimate of drug-likeness (QED) is 0.352. The van der Waals surface area contributed by atoms with E-state index in [9.17, 15) is 19.2 Å². The first-order chi connectivity index (χ1) is 16.6. The predicted octanol–water partition coefficient (Wildman–Crippen LogP) is 3.35. The second-order valence-corrected chi connectivity index (χ2v) is 9.01. The molecule has 0 unspecified atom stereocenters. The van der Waals surface area contributed by atoms with Gasteiger partial charge in [0.1, 0.15) is 18.2 Å². The lowest BCUT2D eigenvalue weighted by atomic mass is 9.83. The molecule has 35 heavy (non-hydrogen) atoms. The van der Waals surface area contributed by atoms with Crippen LogP contribution in [0.25, 0.3) is 0 Å². The number of esters is 1. The number of nitrogens with one attached hydrogen (secondary N) is 2. The Morgan fingerprint density at radius 2 is 1.54 bits per heavy atom. The predicted molar refractivity (Wildman–Crippen MR) is 129 cm³/mol. The van der Waals surface area contributed by atoms with Crippen LogP contribution in [0.1, 0.15) is 59.5 Å². The molecule has 2 N–H and O–H groups in total. The third-order valence-electron chi connectivity index (χ3n) is 5.07. The molecule has 1 atom stereocenters. The van der Waals surface area contributed by atoms with Gasteiger partial charge in [-0.3, -0.25) is 9.59 Å². The topological polar surface area (TPSA) is 120 Å². The minimum atomic E-state index is -0.860. The van der Waals surface area contributed by atoms with E-state index in [4.69, 9.17) is 14.2 Å². The zero-order valence-electron chi connectivity index (χ0n) is 20.3. The summed E-state index contributed by atoms with van der Waals surface area (Å²) in [6.07, 6.45) is -0.698. The number of hydrogen-bond donors (Lipinski definition) is 2. The van der Waals surface area contributed by atoms with E-state index < -0.39 is 23.7 Å². The average molecular weight is 483 g/mol. The normalized spacial score (nSPS) is 13.4. The van der Waals surface area contributed by atoms with Gasteiger partial charge in [-0.15, -0.1) is 0 Å². The summed E-state index contributed by atoms with van der Waals surface area (Å²) in [5, 5.41) is 5.56. The maximum atomic E-state index is 13.0. The fraction of sp³-hybridized carbons (Fsp3) is 0.385. The van der Waals surface area contributed by atoms with Crippen molar-refractivity contribution < 1.29 is 33.4 Å². The van der Waals surface area contributed by atoms with E-state index in [0.717, 1.165) is 0 Å². The Bertz CT molecular complexity index is 1120. The van der Waals surface area contributed by atoms with Crippen LogP contribution in [0.3, 0.4) is 0 Å². The van der Waals surface area contributed by atoms with Gasteiger partial charge in [0.05, 0.1) is 18.8 Å². The van der Waals surface area contributed by atoms with E-state index in [2.05, 4.69) is 10.6 Å². The van der Waals surface area contributed by atoms with Crippen LogP contribution in [0.4, 0.5) is 10.5 Å². The van der Waals surface area contributed by atoms with Crippen molar-refractivity contribution >= 4 is 29.3 Å². The van der Waals surface area contributed by atoms with Crippen molar-refractivity contribution in [3.05, 3.63) is 64.7 Å². The molecule has 1 aliphatic rings. The molecule has 0 radical (unpaired) electrons. The molecule has 0 heterocycles.